The second-order valence-corrected chi connectivity index (χ2v) is 5.51. The molecule has 1 atom stereocenters. The third-order valence-electron chi connectivity index (χ3n) is 3.76. The van der Waals surface area contributed by atoms with Crippen molar-refractivity contribution in [3.05, 3.63) is 78.6 Å². The fourth-order valence-electron chi connectivity index (χ4n) is 2.43. The molecule has 0 saturated carbocycles. The van der Waals surface area contributed by atoms with Crippen LogP contribution in [0.4, 0.5) is 0 Å². The van der Waals surface area contributed by atoms with Gasteiger partial charge in [-0.2, -0.15) is 0 Å². The summed E-state index contributed by atoms with van der Waals surface area (Å²) in [5.74, 6) is -1.04. The van der Waals surface area contributed by atoms with Crippen molar-refractivity contribution >= 4 is 11.9 Å². The van der Waals surface area contributed by atoms with E-state index in [2.05, 4.69) is 9.97 Å². The number of aromatic nitrogens is 3. The molecule has 0 amide bonds. The molecule has 0 spiro atoms. The van der Waals surface area contributed by atoms with Gasteiger partial charge >= 0.3 is 11.9 Å². The van der Waals surface area contributed by atoms with E-state index in [1.54, 1.807) is 29.2 Å². The molecule has 3 rings (SSSR count). The molecule has 0 unspecified atom stereocenters. The van der Waals surface area contributed by atoms with Crippen molar-refractivity contribution < 1.29 is 19.1 Å². The Balaban J connectivity index is 1.62. The quantitative estimate of drug-likeness (QED) is 0.635. The maximum Gasteiger partial charge on any atom is 0.357 e. The molecular weight excluding hydrogens is 334 g/mol. The highest BCUT2D eigenvalue weighted by molar-refractivity contribution is 5.89. The highest BCUT2D eigenvalue weighted by Crippen LogP contribution is 2.19. The Hall–Kier alpha value is -3.48. The van der Waals surface area contributed by atoms with Gasteiger partial charge < -0.3 is 14.0 Å². The Kier molecular flexibility index (Phi) is 5.38. The van der Waals surface area contributed by atoms with Crippen LogP contribution in [-0.2, 0) is 9.53 Å². The van der Waals surface area contributed by atoms with Crippen molar-refractivity contribution in [3.63, 3.8) is 0 Å². The fraction of sp³-hybridized carbons (Fsp3) is 0.158. The van der Waals surface area contributed by atoms with Crippen LogP contribution in [-0.4, -0.2) is 33.1 Å². The largest absolute Gasteiger partial charge is 0.449 e. The van der Waals surface area contributed by atoms with Gasteiger partial charge in [0, 0.05) is 6.20 Å². The van der Waals surface area contributed by atoms with Gasteiger partial charge in [-0.25, -0.2) is 14.6 Å². The van der Waals surface area contributed by atoms with E-state index in [0.29, 0.717) is 0 Å². The number of ether oxygens (including phenoxy) is 2. The number of imidazole rings is 1. The molecular formula is C19H17N3O4. The number of carbonyl (C=O) groups excluding carboxylic acids is 2. The molecule has 1 aromatic carbocycles. The van der Waals surface area contributed by atoms with Crippen LogP contribution in [0.2, 0.25) is 0 Å². The molecule has 0 N–H and O–H groups in total. The Morgan fingerprint density at radius 3 is 2.62 bits per heavy atom. The second-order valence-electron chi connectivity index (χ2n) is 5.51. The predicted octanol–water partition coefficient (Wildman–Crippen LogP) is 2.65. The molecule has 0 aliphatic carbocycles. The van der Waals surface area contributed by atoms with E-state index in [-0.39, 0.29) is 17.5 Å². The van der Waals surface area contributed by atoms with Gasteiger partial charge in [0.25, 0.3) is 0 Å². The van der Waals surface area contributed by atoms with Crippen molar-refractivity contribution in [1.29, 1.82) is 0 Å². The van der Waals surface area contributed by atoms with Crippen molar-refractivity contribution in [1.82, 2.24) is 14.5 Å². The van der Waals surface area contributed by atoms with E-state index in [0.717, 1.165) is 5.56 Å². The number of nitrogens with zero attached hydrogens (tertiary/aromatic N) is 3. The summed E-state index contributed by atoms with van der Waals surface area (Å²) < 4.78 is 11.8. The van der Waals surface area contributed by atoms with Gasteiger partial charge in [0.2, 0.25) is 0 Å². The molecule has 7 heteroatoms. The van der Waals surface area contributed by atoms with Crippen LogP contribution in [0.15, 0.2) is 67.4 Å². The zero-order chi connectivity index (χ0) is 18.4. The number of hydrogen-bond acceptors (Lipinski definition) is 6. The average Bonchev–Trinajstić information content (AvgIpc) is 3.17. The molecule has 0 aliphatic rings. The van der Waals surface area contributed by atoms with Crippen molar-refractivity contribution in [3.8, 4) is 5.75 Å². The molecule has 26 heavy (non-hydrogen) atoms. The smallest absolute Gasteiger partial charge is 0.357 e. The molecule has 0 fully saturated rings. The molecule has 0 bridgehead atoms. The monoisotopic (exact) mass is 351 g/mol. The average molecular weight is 351 g/mol. The first-order chi connectivity index (χ1) is 12.6. The van der Waals surface area contributed by atoms with E-state index in [4.69, 9.17) is 9.47 Å². The lowest BCUT2D eigenvalue weighted by Crippen LogP contribution is -2.21. The van der Waals surface area contributed by atoms with Crippen LogP contribution < -0.4 is 4.74 Å². The van der Waals surface area contributed by atoms with Gasteiger partial charge in [0.05, 0.1) is 24.8 Å². The topological polar surface area (TPSA) is 83.3 Å². The minimum absolute atomic E-state index is 0.108. The zero-order valence-corrected chi connectivity index (χ0v) is 14.1. The summed E-state index contributed by atoms with van der Waals surface area (Å²) in [6, 6.07) is 12.8. The van der Waals surface area contributed by atoms with Crippen molar-refractivity contribution in [2.24, 2.45) is 0 Å². The molecule has 0 aliphatic heterocycles. The number of rotatable bonds is 6. The first-order valence-electron chi connectivity index (χ1n) is 8.00. The molecule has 3 aromatic rings. The summed E-state index contributed by atoms with van der Waals surface area (Å²) in [6.45, 7) is 1.45. The van der Waals surface area contributed by atoms with Crippen LogP contribution in [0.5, 0.6) is 5.75 Å². The Morgan fingerprint density at radius 1 is 1.08 bits per heavy atom. The summed E-state index contributed by atoms with van der Waals surface area (Å²) in [5, 5.41) is 0. The molecule has 7 nitrogen and oxygen atoms in total. The summed E-state index contributed by atoms with van der Waals surface area (Å²) in [4.78, 5) is 32.0. The first-order valence-corrected chi connectivity index (χ1v) is 8.00. The summed E-state index contributed by atoms with van der Waals surface area (Å²) in [5.41, 5.74) is 1.28. The summed E-state index contributed by atoms with van der Waals surface area (Å²) >= 11 is 0. The second kappa shape index (κ2) is 8.06. The standard InChI is InChI=1S/C19H17N3O4/c1-14(15-6-3-2-4-7-15)22-13-21-11-17(22)19(24)25-12-18(23)26-16-8-5-9-20-10-16/h2-11,13-14H,12H2,1H3/t14-/m1/s1. The summed E-state index contributed by atoms with van der Waals surface area (Å²) in [7, 11) is 0. The van der Waals surface area contributed by atoms with Crippen LogP contribution in [0.3, 0.4) is 0 Å². The Labute approximate surface area is 150 Å². The highest BCUT2D eigenvalue weighted by Gasteiger charge is 2.19. The lowest BCUT2D eigenvalue weighted by molar-refractivity contribution is -0.137. The first kappa shape index (κ1) is 17.3. The van der Waals surface area contributed by atoms with E-state index in [9.17, 15) is 9.59 Å². The van der Waals surface area contributed by atoms with Crippen LogP contribution in [0.25, 0.3) is 0 Å². The Bertz CT molecular complexity index is 878. The van der Waals surface area contributed by atoms with Crippen molar-refractivity contribution in [2.45, 2.75) is 13.0 Å². The lowest BCUT2D eigenvalue weighted by Gasteiger charge is -2.16. The van der Waals surface area contributed by atoms with Crippen LogP contribution in [0.1, 0.15) is 29.0 Å². The van der Waals surface area contributed by atoms with E-state index >= 15 is 0 Å². The third-order valence-corrected chi connectivity index (χ3v) is 3.76. The van der Waals surface area contributed by atoms with Crippen molar-refractivity contribution in [2.75, 3.05) is 6.61 Å². The van der Waals surface area contributed by atoms with E-state index < -0.39 is 18.5 Å². The number of benzene rings is 1. The van der Waals surface area contributed by atoms with Crippen LogP contribution in [0, 0.1) is 0 Å². The van der Waals surface area contributed by atoms with Gasteiger partial charge in [-0.3, -0.25) is 4.98 Å². The minimum atomic E-state index is -0.687. The molecule has 2 heterocycles. The molecule has 2 aromatic heterocycles. The highest BCUT2D eigenvalue weighted by atomic mass is 16.6. The number of esters is 2. The Morgan fingerprint density at radius 2 is 1.88 bits per heavy atom. The van der Waals surface area contributed by atoms with Crippen LogP contribution >= 0.6 is 0 Å². The number of hydrogen-bond donors (Lipinski definition) is 0. The van der Waals surface area contributed by atoms with Gasteiger partial charge in [0.1, 0.15) is 11.4 Å². The lowest BCUT2D eigenvalue weighted by atomic mass is 10.1. The third kappa shape index (κ3) is 4.13. The summed E-state index contributed by atoms with van der Waals surface area (Å²) in [6.07, 6.45) is 5.93. The normalized spacial score (nSPS) is 11.6. The maximum absolute atomic E-state index is 12.3. The molecule has 0 radical (unpaired) electrons. The zero-order valence-electron chi connectivity index (χ0n) is 14.1. The fourth-order valence-corrected chi connectivity index (χ4v) is 2.43. The predicted molar refractivity (Wildman–Crippen MR) is 92.6 cm³/mol. The molecule has 132 valence electrons. The van der Waals surface area contributed by atoms with Gasteiger partial charge in [0.15, 0.2) is 6.61 Å². The van der Waals surface area contributed by atoms with E-state index in [1.807, 2.05) is 37.3 Å². The number of carbonyl (C=O) groups is 2. The molecule has 0 saturated heterocycles. The van der Waals surface area contributed by atoms with Gasteiger partial charge in [-0.1, -0.05) is 30.3 Å². The number of pyridine rings is 1. The van der Waals surface area contributed by atoms with Gasteiger partial charge in [-0.05, 0) is 24.6 Å². The minimum Gasteiger partial charge on any atom is -0.449 e. The van der Waals surface area contributed by atoms with Gasteiger partial charge in [-0.15, -0.1) is 0 Å². The van der Waals surface area contributed by atoms with E-state index in [1.165, 1.54) is 12.4 Å². The maximum atomic E-state index is 12.3. The SMILES string of the molecule is C[C@H](c1ccccc1)n1cncc1C(=O)OCC(=O)Oc1cccnc1.